The van der Waals surface area contributed by atoms with Crippen molar-refractivity contribution in [3.8, 4) is 5.69 Å². The van der Waals surface area contributed by atoms with Gasteiger partial charge in [-0.15, -0.1) is 0 Å². The molecule has 1 aromatic heterocycles. The molecule has 0 unspecified atom stereocenters. The molecule has 1 heterocycles. The van der Waals surface area contributed by atoms with Gasteiger partial charge in [0.05, 0.1) is 11.9 Å². The SMILES string of the molecule is CCc1cnn(-c2ccc(Br)c(C)c2)c1N. The molecule has 0 aliphatic carbocycles. The summed E-state index contributed by atoms with van der Waals surface area (Å²) in [5.41, 5.74) is 9.28. The number of benzene rings is 1. The Kier molecular flexibility index (Phi) is 3.01. The van der Waals surface area contributed by atoms with Crippen molar-refractivity contribution in [2.75, 3.05) is 5.73 Å². The number of hydrogen-bond donors (Lipinski definition) is 1. The number of aromatic nitrogens is 2. The highest BCUT2D eigenvalue weighted by Crippen LogP contribution is 2.22. The molecule has 0 bridgehead atoms. The molecule has 16 heavy (non-hydrogen) atoms. The molecule has 1 aromatic carbocycles. The van der Waals surface area contributed by atoms with Crippen molar-refractivity contribution in [2.45, 2.75) is 20.3 Å². The number of hydrogen-bond acceptors (Lipinski definition) is 2. The van der Waals surface area contributed by atoms with Crippen LogP contribution in [-0.2, 0) is 6.42 Å². The number of aryl methyl sites for hydroxylation is 2. The Morgan fingerprint density at radius 1 is 1.44 bits per heavy atom. The number of nitrogen functional groups attached to an aromatic ring is 1. The zero-order valence-corrected chi connectivity index (χ0v) is 11.0. The van der Waals surface area contributed by atoms with E-state index in [0.29, 0.717) is 0 Å². The second-order valence-corrected chi connectivity index (χ2v) is 4.61. The van der Waals surface area contributed by atoms with Crippen LogP contribution >= 0.6 is 15.9 Å². The summed E-state index contributed by atoms with van der Waals surface area (Å²) in [6.07, 6.45) is 2.73. The fraction of sp³-hybridized carbons (Fsp3) is 0.250. The number of nitrogens with zero attached hydrogens (tertiary/aromatic N) is 2. The second kappa shape index (κ2) is 4.29. The molecule has 0 saturated heterocycles. The van der Waals surface area contributed by atoms with E-state index in [-0.39, 0.29) is 0 Å². The van der Waals surface area contributed by atoms with E-state index in [1.807, 2.05) is 25.3 Å². The summed E-state index contributed by atoms with van der Waals surface area (Å²) in [6.45, 7) is 4.12. The van der Waals surface area contributed by atoms with Gasteiger partial charge in [0.1, 0.15) is 5.82 Å². The highest BCUT2D eigenvalue weighted by molar-refractivity contribution is 9.10. The lowest BCUT2D eigenvalue weighted by Gasteiger charge is -2.06. The van der Waals surface area contributed by atoms with E-state index in [2.05, 4.69) is 34.0 Å². The number of halogens is 1. The lowest BCUT2D eigenvalue weighted by molar-refractivity contribution is 0.889. The van der Waals surface area contributed by atoms with E-state index in [1.165, 1.54) is 5.56 Å². The Labute approximate surface area is 103 Å². The highest BCUT2D eigenvalue weighted by atomic mass is 79.9. The monoisotopic (exact) mass is 279 g/mol. The molecule has 0 amide bonds. The van der Waals surface area contributed by atoms with Gasteiger partial charge in [0.2, 0.25) is 0 Å². The second-order valence-electron chi connectivity index (χ2n) is 3.75. The van der Waals surface area contributed by atoms with Gasteiger partial charge in [-0.1, -0.05) is 22.9 Å². The van der Waals surface area contributed by atoms with E-state index in [9.17, 15) is 0 Å². The summed E-state index contributed by atoms with van der Waals surface area (Å²) >= 11 is 3.48. The molecule has 2 aromatic rings. The number of rotatable bonds is 2. The van der Waals surface area contributed by atoms with Crippen LogP contribution in [0, 0.1) is 6.92 Å². The van der Waals surface area contributed by atoms with Crippen molar-refractivity contribution in [3.05, 3.63) is 40.0 Å². The molecule has 2 N–H and O–H groups in total. The topological polar surface area (TPSA) is 43.8 Å². The third-order valence-corrected chi connectivity index (χ3v) is 3.54. The molecule has 0 aliphatic heterocycles. The fourth-order valence-corrected chi connectivity index (χ4v) is 1.88. The van der Waals surface area contributed by atoms with Crippen LogP contribution in [0.25, 0.3) is 5.69 Å². The van der Waals surface area contributed by atoms with Crippen LogP contribution in [-0.4, -0.2) is 9.78 Å². The third-order valence-electron chi connectivity index (χ3n) is 2.65. The van der Waals surface area contributed by atoms with E-state index < -0.39 is 0 Å². The van der Waals surface area contributed by atoms with E-state index in [0.717, 1.165) is 28.0 Å². The molecular weight excluding hydrogens is 266 g/mol. The Morgan fingerprint density at radius 3 is 2.75 bits per heavy atom. The van der Waals surface area contributed by atoms with Crippen molar-refractivity contribution in [3.63, 3.8) is 0 Å². The predicted molar refractivity (Wildman–Crippen MR) is 69.8 cm³/mol. The van der Waals surface area contributed by atoms with Crippen LogP contribution in [0.5, 0.6) is 0 Å². The van der Waals surface area contributed by atoms with Gasteiger partial charge >= 0.3 is 0 Å². The summed E-state index contributed by atoms with van der Waals surface area (Å²) in [7, 11) is 0. The summed E-state index contributed by atoms with van der Waals surface area (Å²) < 4.78 is 2.87. The van der Waals surface area contributed by atoms with E-state index in [4.69, 9.17) is 5.73 Å². The summed E-state index contributed by atoms with van der Waals surface area (Å²) in [6, 6.07) is 6.07. The van der Waals surface area contributed by atoms with Gasteiger partial charge in [0.15, 0.2) is 0 Å². The molecule has 3 nitrogen and oxygen atoms in total. The van der Waals surface area contributed by atoms with Crippen molar-refractivity contribution in [1.82, 2.24) is 9.78 Å². The van der Waals surface area contributed by atoms with Crippen LogP contribution in [0.15, 0.2) is 28.9 Å². The summed E-state index contributed by atoms with van der Waals surface area (Å²) in [5, 5.41) is 4.30. The molecule has 0 radical (unpaired) electrons. The van der Waals surface area contributed by atoms with E-state index in [1.54, 1.807) is 4.68 Å². The minimum Gasteiger partial charge on any atom is -0.383 e. The number of anilines is 1. The van der Waals surface area contributed by atoms with Crippen molar-refractivity contribution < 1.29 is 0 Å². The smallest absolute Gasteiger partial charge is 0.130 e. The number of nitrogens with two attached hydrogens (primary N) is 1. The van der Waals surface area contributed by atoms with Gasteiger partial charge in [-0.2, -0.15) is 5.10 Å². The van der Waals surface area contributed by atoms with Crippen LogP contribution in [0.4, 0.5) is 5.82 Å². The van der Waals surface area contributed by atoms with Gasteiger partial charge in [-0.05, 0) is 37.1 Å². The Hall–Kier alpha value is -1.29. The molecular formula is C12H14BrN3. The average molecular weight is 280 g/mol. The zero-order valence-electron chi connectivity index (χ0n) is 9.37. The Bertz CT molecular complexity index is 517. The first-order chi connectivity index (χ1) is 7.63. The van der Waals surface area contributed by atoms with E-state index >= 15 is 0 Å². The maximum atomic E-state index is 6.02. The third kappa shape index (κ3) is 1.85. The van der Waals surface area contributed by atoms with Gasteiger partial charge < -0.3 is 5.73 Å². The molecule has 0 saturated carbocycles. The van der Waals surface area contributed by atoms with Crippen LogP contribution < -0.4 is 5.73 Å². The van der Waals surface area contributed by atoms with Gasteiger partial charge in [-0.25, -0.2) is 4.68 Å². The molecule has 84 valence electrons. The van der Waals surface area contributed by atoms with Crippen LogP contribution in [0.1, 0.15) is 18.1 Å². The van der Waals surface area contributed by atoms with Gasteiger partial charge in [-0.3, -0.25) is 0 Å². The maximum Gasteiger partial charge on any atom is 0.130 e. The normalized spacial score (nSPS) is 10.7. The van der Waals surface area contributed by atoms with Crippen molar-refractivity contribution >= 4 is 21.7 Å². The first kappa shape index (κ1) is 11.2. The summed E-state index contributed by atoms with van der Waals surface area (Å²) in [4.78, 5) is 0. The van der Waals surface area contributed by atoms with Crippen LogP contribution in [0.2, 0.25) is 0 Å². The van der Waals surface area contributed by atoms with Gasteiger partial charge in [0.25, 0.3) is 0 Å². The van der Waals surface area contributed by atoms with Crippen LogP contribution in [0.3, 0.4) is 0 Å². The first-order valence-corrected chi connectivity index (χ1v) is 6.01. The average Bonchev–Trinajstić information content (AvgIpc) is 2.64. The minimum absolute atomic E-state index is 0.726. The zero-order chi connectivity index (χ0) is 11.7. The van der Waals surface area contributed by atoms with Crippen molar-refractivity contribution in [2.24, 2.45) is 0 Å². The lowest BCUT2D eigenvalue weighted by Crippen LogP contribution is -2.03. The molecule has 0 fully saturated rings. The predicted octanol–water partition coefficient (Wildman–Crippen LogP) is 3.09. The highest BCUT2D eigenvalue weighted by Gasteiger charge is 2.07. The Morgan fingerprint density at radius 2 is 2.19 bits per heavy atom. The standard InChI is InChI=1S/C12H14BrN3/c1-3-9-7-15-16(12(9)14)10-4-5-11(13)8(2)6-10/h4-7H,3,14H2,1-2H3. The minimum atomic E-state index is 0.726. The molecule has 0 atom stereocenters. The largest absolute Gasteiger partial charge is 0.383 e. The first-order valence-electron chi connectivity index (χ1n) is 5.22. The quantitative estimate of drug-likeness (QED) is 0.918. The van der Waals surface area contributed by atoms with Gasteiger partial charge in [0, 0.05) is 10.0 Å². The molecule has 2 rings (SSSR count). The summed E-state index contributed by atoms with van der Waals surface area (Å²) in [5.74, 6) is 0.726. The van der Waals surface area contributed by atoms with Crippen molar-refractivity contribution in [1.29, 1.82) is 0 Å². The Balaban J connectivity index is 2.50. The molecule has 0 aliphatic rings. The lowest BCUT2D eigenvalue weighted by atomic mass is 10.2. The fourth-order valence-electron chi connectivity index (χ4n) is 1.63. The molecule has 4 heteroatoms. The maximum absolute atomic E-state index is 6.02. The molecule has 0 spiro atoms.